The van der Waals surface area contributed by atoms with Crippen LogP contribution >= 0.6 is 0 Å². The Morgan fingerprint density at radius 1 is 1.75 bits per heavy atom. The van der Waals surface area contributed by atoms with E-state index in [0.29, 0.717) is 12.2 Å². The fourth-order valence-electron chi connectivity index (χ4n) is 0.956. The Bertz CT molecular complexity index is 267. The second-order valence-corrected chi connectivity index (χ2v) is 2.57. The summed E-state index contributed by atoms with van der Waals surface area (Å²) in [5, 5.41) is 12.1. The van der Waals surface area contributed by atoms with E-state index in [4.69, 9.17) is 9.63 Å². The second kappa shape index (κ2) is 3.90. The highest BCUT2D eigenvalue weighted by Crippen LogP contribution is 2.10. The van der Waals surface area contributed by atoms with Crippen LogP contribution in [0.15, 0.2) is 10.7 Å². The van der Waals surface area contributed by atoms with Crippen LogP contribution in [0.2, 0.25) is 0 Å². The van der Waals surface area contributed by atoms with Gasteiger partial charge in [-0.1, -0.05) is 18.5 Å². The standard InChI is InChI=1S/C8H11NO3/c1-2-3-4-7-6(8(10)11)5-9-12-7/h5H,2-4H2,1H3,(H,10,11). The molecule has 12 heavy (non-hydrogen) atoms. The Hall–Kier alpha value is -1.32. The van der Waals surface area contributed by atoms with Crippen LogP contribution in [-0.2, 0) is 6.42 Å². The number of carboxylic acid groups (broad SMARTS) is 1. The lowest BCUT2D eigenvalue weighted by Crippen LogP contribution is -1.98. The van der Waals surface area contributed by atoms with Gasteiger partial charge in [-0.05, 0) is 6.42 Å². The monoisotopic (exact) mass is 169 g/mol. The number of rotatable bonds is 4. The van der Waals surface area contributed by atoms with Gasteiger partial charge in [-0.2, -0.15) is 0 Å². The third-order valence-electron chi connectivity index (χ3n) is 1.63. The molecule has 0 fully saturated rings. The molecular weight excluding hydrogens is 158 g/mol. The molecular formula is C8H11NO3. The van der Waals surface area contributed by atoms with E-state index in [9.17, 15) is 4.79 Å². The van der Waals surface area contributed by atoms with E-state index in [2.05, 4.69) is 5.16 Å². The van der Waals surface area contributed by atoms with Gasteiger partial charge >= 0.3 is 5.97 Å². The minimum Gasteiger partial charge on any atom is -0.478 e. The predicted octanol–water partition coefficient (Wildman–Crippen LogP) is 1.72. The van der Waals surface area contributed by atoms with Gasteiger partial charge in [0.1, 0.15) is 5.56 Å². The van der Waals surface area contributed by atoms with E-state index < -0.39 is 5.97 Å². The lowest BCUT2D eigenvalue weighted by Gasteiger charge is -1.93. The maximum absolute atomic E-state index is 10.5. The van der Waals surface area contributed by atoms with Crippen LogP contribution in [0.3, 0.4) is 0 Å². The zero-order valence-electron chi connectivity index (χ0n) is 6.91. The molecule has 1 aromatic heterocycles. The maximum atomic E-state index is 10.5. The van der Waals surface area contributed by atoms with Crippen LogP contribution in [-0.4, -0.2) is 16.2 Å². The van der Waals surface area contributed by atoms with Crippen LogP contribution in [0, 0.1) is 0 Å². The van der Waals surface area contributed by atoms with Gasteiger partial charge in [-0.25, -0.2) is 4.79 Å². The molecule has 1 heterocycles. The van der Waals surface area contributed by atoms with Gasteiger partial charge in [0.25, 0.3) is 0 Å². The van der Waals surface area contributed by atoms with Crippen molar-refractivity contribution in [2.24, 2.45) is 0 Å². The van der Waals surface area contributed by atoms with Crippen molar-refractivity contribution in [1.29, 1.82) is 0 Å². The molecule has 0 unspecified atom stereocenters. The Kier molecular flexibility index (Phi) is 2.85. The fraction of sp³-hybridized carbons (Fsp3) is 0.500. The van der Waals surface area contributed by atoms with E-state index in [1.54, 1.807) is 0 Å². The molecule has 0 bridgehead atoms. The molecule has 66 valence electrons. The average molecular weight is 169 g/mol. The lowest BCUT2D eigenvalue weighted by atomic mass is 10.1. The Morgan fingerprint density at radius 2 is 2.50 bits per heavy atom. The summed E-state index contributed by atoms with van der Waals surface area (Å²) < 4.78 is 4.80. The fourth-order valence-corrected chi connectivity index (χ4v) is 0.956. The van der Waals surface area contributed by atoms with E-state index in [1.165, 1.54) is 6.20 Å². The Morgan fingerprint density at radius 3 is 3.08 bits per heavy atom. The van der Waals surface area contributed by atoms with Crippen molar-refractivity contribution in [3.05, 3.63) is 17.5 Å². The Labute approximate surface area is 70.2 Å². The van der Waals surface area contributed by atoms with Crippen molar-refractivity contribution >= 4 is 5.97 Å². The third kappa shape index (κ3) is 1.84. The first-order chi connectivity index (χ1) is 5.75. The van der Waals surface area contributed by atoms with Crippen LogP contribution in [0.25, 0.3) is 0 Å². The van der Waals surface area contributed by atoms with Crippen molar-refractivity contribution in [3.63, 3.8) is 0 Å². The zero-order valence-corrected chi connectivity index (χ0v) is 6.91. The highest BCUT2D eigenvalue weighted by atomic mass is 16.5. The molecule has 0 aliphatic carbocycles. The molecule has 4 heteroatoms. The number of aryl methyl sites for hydroxylation is 1. The lowest BCUT2D eigenvalue weighted by molar-refractivity contribution is 0.0694. The van der Waals surface area contributed by atoms with Crippen molar-refractivity contribution < 1.29 is 14.4 Å². The van der Waals surface area contributed by atoms with E-state index in [0.717, 1.165) is 12.8 Å². The SMILES string of the molecule is CCCCc1oncc1C(=O)O. The second-order valence-electron chi connectivity index (χ2n) is 2.57. The summed E-state index contributed by atoms with van der Waals surface area (Å²) in [7, 11) is 0. The first-order valence-electron chi connectivity index (χ1n) is 3.92. The summed E-state index contributed by atoms with van der Waals surface area (Å²) in [5.74, 6) is -0.494. The van der Waals surface area contributed by atoms with Crippen LogP contribution in [0.5, 0.6) is 0 Å². The number of hydrogen-bond donors (Lipinski definition) is 1. The van der Waals surface area contributed by atoms with Crippen molar-refractivity contribution in [2.45, 2.75) is 26.2 Å². The number of carboxylic acids is 1. The van der Waals surface area contributed by atoms with Gasteiger partial charge < -0.3 is 9.63 Å². The van der Waals surface area contributed by atoms with Gasteiger partial charge in [0.2, 0.25) is 0 Å². The van der Waals surface area contributed by atoms with Crippen LogP contribution in [0.4, 0.5) is 0 Å². The molecule has 0 aliphatic rings. The molecule has 0 aromatic carbocycles. The number of nitrogens with zero attached hydrogens (tertiary/aromatic N) is 1. The average Bonchev–Trinajstić information content (AvgIpc) is 2.48. The van der Waals surface area contributed by atoms with Crippen molar-refractivity contribution in [2.75, 3.05) is 0 Å². The van der Waals surface area contributed by atoms with Gasteiger partial charge in [-0.15, -0.1) is 0 Å². The highest BCUT2D eigenvalue weighted by Gasteiger charge is 2.13. The van der Waals surface area contributed by atoms with Gasteiger partial charge in [0.05, 0.1) is 6.20 Å². The molecule has 1 N–H and O–H groups in total. The van der Waals surface area contributed by atoms with E-state index in [1.807, 2.05) is 6.92 Å². The summed E-state index contributed by atoms with van der Waals surface area (Å²) in [5.41, 5.74) is 0.184. The number of aromatic nitrogens is 1. The summed E-state index contributed by atoms with van der Waals surface area (Å²) in [4.78, 5) is 10.5. The normalized spacial score (nSPS) is 10.1. The number of aromatic carboxylic acids is 1. The summed E-state index contributed by atoms with van der Waals surface area (Å²) in [6.07, 6.45) is 3.83. The third-order valence-corrected chi connectivity index (χ3v) is 1.63. The molecule has 4 nitrogen and oxygen atoms in total. The number of hydrogen-bond acceptors (Lipinski definition) is 3. The molecule has 0 amide bonds. The molecule has 1 aromatic rings. The van der Waals surface area contributed by atoms with Crippen molar-refractivity contribution in [3.8, 4) is 0 Å². The largest absolute Gasteiger partial charge is 0.478 e. The molecule has 0 aliphatic heterocycles. The molecule has 0 radical (unpaired) electrons. The molecule has 0 atom stereocenters. The quantitative estimate of drug-likeness (QED) is 0.745. The first-order valence-corrected chi connectivity index (χ1v) is 3.92. The minimum absolute atomic E-state index is 0.184. The van der Waals surface area contributed by atoms with Crippen molar-refractivity contribution in [1.82, 2.24) is 5.16 Å². The van der Waals surface area contributed by atoms with Gasteiger partial charge in [0, 0.05) is 6.42 Å². The maximum Gasteiger partial charge on any atom is 0.340 e. The molecule has 0 saturated carbocycles. The molecule has 0 saturated heterocycles. The van der Waals surface area contributed by atoms with Gasteiger partial charge in [0.15, 0.2) is 5.76 Å². The Balaban J connectivity index is 2.70. The van der Waals surface area contributed by atoms with E-state index in [-0.39, 0.29) is 5.56 Å². The van der Waals surface area contributed by atoms with E-state index >= 15 is 0 Å². The van der Waals surface area contributed by atoms with Crippen LogP contribution in [0.1, 0.15) is 35.9 Å². The molecule has 0 spiro atoms. The van der Waals surface area contributed by atoms with Crippen LogP contribution < -0.4 is 0 Å². The summed E-state index contributed by atoms with van der Waals surface area (Å²) in [6, 6.07) is 0. The van der Waals surface area contributed by atoms with Gasteiger partial charge in [-0.3, -0.25) is 0 Å². The summed E-state index contributed by atoms with van der Waals surface area (Å²) >= 11 is 0. The summed E-state index contributed by atoms with van der Waals surface area (Å²) in [6.45, 7) is 2.04. The number of unbranched alkanes of at least 4 members (excludes halogenated alkanes) is 1. The first kappa shape index (κ1) is 8.77. The number of carbonyl (C=O) groups is 1. The predicted molar refractivity (Wildman–Crippen MR) is 42.1 cm³/mol. The highest BCUT2D eigenvalue weighted by molar-refractivity contribution is 5.88. The smallest absolute Gasteiger partial charge is 0.340 e. The minimum atomic E-state index is -0.970. The zero-order chi connectivity index (χ0) is 8.97. The molecule has 1 rings (SSSR count). The topological polar surface area (TPSA) is 63.3 Å².